The number of ether oxygens (including phenoxy) is 2. The lowest BCUT2D eigenvalue weighted by molar-refractivity contribution is -0.117. The van der Waals surface area contributed by atoms with Gasteiger partial charge in [0.2, 0.25) is 0 Å². The molecule has 3 heterocycles. The van der Waals surface area contributed by atoms with E-state index < -0.39 is 17.3 Å². The van der Waals surface area contributed by atoms with Crippen molar-refractivity contribution in [2.75, 3.05) is 6.61 Å². The molecule has 0 aromatic carbocycles. The Kier molecular flexibility index (Phi) is 3.93. The summed E-state index contributed by atoms with van der Waals surface area (Å²) in [7, 11) is 0. The summed E-state index contributed by atoms with van der Waals surface area (Å²) in [5.74, 6) is 1.75. The molecule has 1 saturated carbocycles. The van der Waals surface area contributed by atoms with E-state index in [-0.39, 0.29) is 18.1 Å². The van der Waals surface area contributed by atoms with Crippen LogP contribution in [-0.4, -0.2) is 46.3 Å². The number of aliphatic hydroxyl groups is 2. The number of hydrogen-bond donors (Lipinski definition) is 2. The first-order chi connectivity index (χ1) is 11.3. The lowest BCUT2D eigenvalue weighted by Crippen LogP contribution is -2.49. The van der Waals surface area contributed by atoms with E-state index in [9.17, 15) is 10.2 Å². The summed E-state index contributed by atoms with van der Waals surface area (Å²) < 4.78 is 12.2. The standard InChI is InChI=1S/C20H32O4/c1-11(2)13-6-5-12(3)16-14-9-20(10-23-20)15(21)7-8-19(4,22)18(24-14)17(13)16/h11,13-18,21-22H,3,5-10H2,1-2,4H3/t13-,14-,15+,16-,17-,18-,19+,20-/m1/s1. The van der Waals surface area contributed by atoms with Crippen molar-refractivity contribution in [3.63, 3.8) is 0 Å². The molecule has 4 aliphatic rings. The van der Waals surface area contributed by atoms with Crippen molar-refractivity contribution >= 4 is 0 Å². The maximum absolute atomic E-state index is 11.2. The average Bonchev–Trinajstić information content (AvgIpc) is 3.18. The summed E-state index contributed by atoms with van der Waals surface area (Å²) >= 11 is 0. The van der Waals surface area contributed by atoms with Crippen LogP contribution in [0.25, 0.3) is 0 Å². The molecule has 0 aromatic heterocycles. The highest BCUT2D eigenvalue weighted by molar-refractivity contribution is 5.20. The van der Waals surface area contributed by atoms with Crippen LogP contribution in [0.15, 0.2) is 12.2 Å². The molecule has 8 atom stereocenters. The fourth-order valence-corrected chi connectivity index (χ4v) is 5.76. The molecular weight excluding hydrogens is 304 g/mol. The van der Waals surface area contributed by atoms with E-state index in [2.05, 4.69) is 20.4 Å². The molecule has 0 amide bonds. The molecule has 2 bridgehead atoms. The molecule has 136 valence electrons. The van der Waals surface area contributed by atoms with Gasteiger partial charge >= 0.3 is 0 Å². The van der Waals surface area contributed by atoms with Crippen LogP contribution in [0.4, 0.5) is 0 Å². The zero-order valence-corrected chi connectivity index (χ0v) is 15.2. The van der Waals surface area contributed by atoms with Crippen molar-refractivity contribution in [1.82, 2.24) is 0 Å². The van der Waals surface area contributed by atoms with Gasteiger partial charge in [-0.15, -0.1) is 0 Å². The highest BCUT2D eigenvalue weighted by atomic mass is 16.6. The SMILES string of the molecule is C=C1CC[C@H](C(C)C)[C@@H]2[C@H]1[C@H]1C[C@@]3(CO3)[C@@H](O)CC[C@](C)(O)[C@@H]2O1. The molecule has 2 N–H and O–H groups in total. The lowest BCUT2D eigenvalue weighted by Gasteiger charge is -2.44. The largest absolute Gasteiger partial charge is 0.390 e. The Morgan fingerprint density at radius 3 is 2.62 bits per heavy atom. The van der Waals surface area contributed by atoms with E-state index in [0.29, 0.717) is 37.2 Å². The van der Waals surface area contributed by atoms with Crippen LogP contribution in [-0.2, 0) is 9.47 Å². The predicted molar refractivity (Wildman–Crippen MR) is 91.5 cm³/mol. The van der Waals surface area contributed by atoms with E-state index in [1.807, 2.05) is 6.92 Å². The fraction of sp³-hybridized carbons (Fsp3) is 0.900. The second-order valence-corrected chi connectivity index (χ2v) is 9.27. The van der Waals surface area contributed by atoms with E-state index in [1.54, 1.807) is 0 Å². The lowest BCUT2D eigenvalue weighted by atomic mass is 9.61. The monoisotopic (exact) mass is 336 g/mol. The summed E-state index contributed by atoms with van der Waals surface area (Å²) in [6.45, 7) is 11.4. The van der Waals surface area contributed by atoms with Crippen molar-refractivity contribution < 1.29 is 19.7 Å². The number of fused-ring (bicyclic) bond motifs is 5. The predicted octanol–water partition coefficient (Wildman–Crippen LogP) is 2.67. The Bertz CT molecular complexity index is 522. The Balaban J connectivity index is 1.73. The molecule has 3 saturated heterocycles. The van der Waals surface area contributed by atoms with Crippen molar-refractivity contribution in [1.29, 1.82) is 0 Å². The van der Waals surface area contributed by atoms with E-state index in [4.69, 9.17) is 9.47 Å². The van der Waals surface area contributed by atoms with Crippen LogP contribution in [0.5, 0.6) is 0 Å². The molecule has 4 heteroatoms. The summed E-state index contributed by atoms with van der Waals surface area (Å²) in [6, 6.07) is 0. The highest BCUT2D eigenvalue weighted by Crippen LogP contribution is 2.56. The minimum absolute atomic E-state index is 0.00998. The van der Waals surface area contributed by atoms with Gasteiger partial charge in [0.15, 0.2) is 0 Å². The maximum atomic E-state index is 11.2. The van der Waals surface area contributed by atoms with Gasteiger partial charge in [0, 0.05) is 12.3 Å². The highest BCUT2D eigenvalue weighted by Gasteiger charge is 2.62. The number of rotatable bonds is 1. The minimum atomic E-state index is -0.913. The smallest absolute Gasteiger partial charge is 0.120 e. The molecule has 1 aliphatic carbocycles. The summed E-state index contributed by atoms with van der Waals surface area (Å²) in [4.78, 5) is 0. The van der Waals surface area contributed by atoms with Gasteiger partial charge in [-0.05, 0) is 50.4 Å². The first-order valence-corrected chi connectivity index (χ1v) is 9.63. The number of hydrogen-bond acceptors (Lipinski definition) is 4. The van der Waals surface area contributed by atoms with E-state index in [0.717, 1.165) is 19.3 Å². The fourth-order valence-electron chi connectivity index (χ4n) is 5.76. The maximum Gasteiger partial charge on any atom is 0.120 e. The third-order valence-corrected chi connectivity index (χ3v) is 7.31. The first kappa shape index (κ1) is 17.0. The molecule has 0 radical (unpaired) electrons. The molecule has 3 aliphatic heterocycles. The zero-order valence-electron chi connectivity index (χ0n) is 15.2. The molecule has 4 nitrogen and oxygen atoms in total. The Labute approximate surface area is 145 Å². The van der Waals surface area contributed by atoms with Crippen molar-refractivity contribution in [3.05, 3.63) is 12.2 Å². The molecule has 24 heavy (non-hydrogen) atoms. The van der Waals surface area contributed by atoms with Crippen LogP contribution in [0.1, 0.15) is 52.9 Å². The number of epoxide rings is 1. The van der Waals surface area contributed by atoms with Crippen molar-refractivity contribution in [2.45, 2.75) is 82.4 Å². The molecule has 0 aromatic rings. The van der Waals surface area contributed by atoms with Crippen molar-refractivity contribution in [3.8, 4) is 0 Å². The van der Waals surface area contributed by atoms with Gasteiger partial charge in [0.25, 0.3) is 0 Å². The quantitative estimate of drug-likeness (QED) is 0.571. The zero-order chi connectivity index (χ0) is 17.3. The molecule has 0 unspecified atom stereocenters. The van der Waals surface area contributed by atoms with Crippen LogP contribution in [0, 0.1) is 23.7 Å². The third kappa shape index (κ3) is 2.49. The summed E-state index contributed by atoms with van der Waals surface area (Å²) in [5, 5.41) is 21.8. The van der Waals surface area contributed by atoms with Crippen LogP contribution in [0.2, 0.25) is 0 Å². The first-order valence-electron chi connectivity index (χ1n) is 9.63. The van der Waals surface area contributed by atoms with Gasteiger partial charge < -0.3 is 19.7 Å². The molecule has 1 spiro atoms. The van der Waals surface area contributed by atoms with Crippen LogP contribution >= 0.6 is 0 Å². The van der Waals surface area contributed by atoms with Gasteiger partial charge in [-0.25, -0.2) is 0 Å². The Morgan fingerprint density at radius 1 is 1.29 bits per heavy atom. The summed E-state index contributed by atoms with van der Waals surface area (Å²) in [6.07, 6.45) is 3.38. The van der Waals surface area contributed by atoms with Gasteiger partial charge in [-0.3, -0.25) is 0 Å². The summed E-state index contributed by atoms with van der Waals surface area (Å²) in [5.41, 5.74) is -0.0922. The van der Waals surface area contributed by atoms with Gasteiger partial charge in [0.1, 0.15) is 5.60 Å². The van der Waals surface area contributed by atoms with E-state index in [1.165, 1.54) is 5.57 Å². The Morgan fingerprint density at radius 2 is 2.00 bits per heavy atom. The van der Waals surface area contributed by atoms with Crippen LogP contribution < -0.4 is 0 Å². The molecule has 4 fully saturated rings. The Hall–Kier alpha value is -0.420. The van der Waals surface area contributed by atoms with Gasteiger partial charge in [-0.1, -0.05) is 26.0 Å². The van der Waals surface area contributed by atoms with E-state index >= 15 is 0 Å². The molecule has 4 rings (SSSR count). The topological polar surface area (TPSA) is 62.2 Å². The second-order valence-electron chi connectivity index (χ2n) is 9.27. The third-order valence-electron chi connectivity index (χ3n) is 7.31. The van der Waals surface area contributed by atoms with Crippen LogP contribution in [0.3, 0.4) is 0 Å². The number of aliphatic hydroxyl groups excluding tert-OH is 1. The normalized spacial score (nSPS) is 54.3. The van der Waals surface area contributed by atoms with Gasteiger partial charge in [-0.2, -0.15) is 0 Å². The second kappa shape index (κ2) is 5.54. The minimum Gasteiger partial charge on any atom is -0.390 e. The average molecular weight is 336 g/mol. The molecular formula is C20H32O4. The van der Waals surface area contributed by atoms with Crippen molar-refractivity contribution in [2.24, 2.45) is 23.7 Å². The van der Waals surface area contributed by atoms with Gasteiger partial charge in [0.05, 0.1) is 30.5 Å².